The summed E-state index contributed by atoms with van der Waals surface area (Å²) in [6, 6.07) is 0. The van der Waals surface area contributed by atoms with Gasteiger partial charge >= 0.3 is 0 Å². The quantitative estimate of drug-likeness (QED) is 0.576. The van der Waals surface area contributed by atoms with Crippen molar-refractivity contribution in [3.63, 3.8) is 0 Å². The van der Waals surface area contributed by atoms with E-state index in [0.29, 0.717) is 11.8 Å². The van der Waals surface area contributed by atoms with Gasteiger partial charge in [0.15, 0.2) is 0 Å². The lowest BCUT2D eigenvalue weighted by Gasteiger charge is -2.01. The lowest BCUT2D eigenvalue weighted by Crippen LogP contribution is -2.02. The first-order chi connectivity index (χ1) is 6.68. The third-order valence-corrected chi connectivity index (χ3v) is 1.94. The Labute approximate surface area is 88.6 Å². The van der Waals surface area contributed by atoms with Gasteiger partial charge in [-0.05, 0) is 25.0 Å². The maximum atomic E-state index is 3.23. The predicted molar refractivity (Wildman–Crippen MR) is 64.8 cm³/mol. The first-order valence-corrected chi connectivity index (χ1v) is 5.48. The Kier molecular flexibility index (Phi) is 6.91. The summed E-state index contributed by atoms with van der Waals surface area (Å²) in [4.78, 5) is 0. The van der Waals surface area contributed by atoms with Crippen molar-refractivity contribution in [1.29, 1.82) is 0 Å². The molecule has 0 spiro atoms. The zero-order valence-electron chi connectivity index (χ0n) is 10.0. The second-order valence-corrected chi connectivity index (χ2v) is 3.46. The van der Waals surface area contributed by atoms with Crippen LogP contribution in [0.2, 0.25) is 0 Å². The van der Waals surface area contributed by atoms with E-state index < -0.39 is 0 Å². The van der Waals surface area contributed by atoms with Gasteiger partial charge in [-0.25, -0.2) is 0 Å². The van der Waals surface area contributed by atoms with Crippen molar-refractivity contribution in [1.82, 2.24) is 5.32 Å². The molecule has 2 atom stereocenters. The van der Waals surface area contributed by atoms with Crippen molar-refractivity contribution in [2.24, 2.45) is 11.8 Å². The van der Waals surface area contributed by atoms with E-state index in [1.165, 1.54) is 5.70 Å². The Hall–Kier alpha value is -0.980. The standard InChI is InChI=1S/C11H17N.C2H6/c1-9-4-5-10(2)8-11(3)12-7-6-9;1-2/h4-10,12H,1-3H3;1-2H3/b5-4-,7-6?,11-8-;. The largest absolute Gasteiger partial charge is 0.366 e. The highest BCUT2D eigenvalue weighted by Crippen LogP contribution is 2.08. The fraction of sp³-hybridized carbons (Fsp3) is 0.538. The van der Waals surface area contributed by atoms with E-state index in [1.54, 1.807) is 0 Å². The molecule has 0 fully saturated rings. The monoisotopic (exact) mass is 193 g/mol. The summed E-state index contributed by atoms with van der Waals surface area (Å²) >= 11 is 0. The highest BCUT2D eigenvalue weighted by Gasteiger charge is 1.97. The van der Waals surface area contributed by atoms with Gasteiger partial charge < -0.3 is 5.32 Å². The smallest absolute Gasteiger partial charge is 0.00800 e. The number of allylic oxidation sites excluding steroid dienone is 5. The Morgan fingerprint density at radius 1 is 1.00 bits per heavy atom. The lowest BCUT2D eigenvalue weighted by molar-refractivity contribution is 0.880. The summed E-state index contributed by atoms with van der Waals surface area (Å²) in [7, 11) is 0. The van der Waals surface area contributed by atoms with Crippen LogP contribution >= 0.6 is 0 Å². The van der Waals surface area contributed by atoms with E-state index in [1.807, 2.05) is 20.0 Å². The van der Waals surface area contributed by atoms with Crippen LogP contribution in [-0.4, -0.2) is 0 Å². The molecular formula is C13H23N. The van der Waals surface area contributed by atoms with Crippen molar-refractivity contribution >= 4 is 0 Å². The molecule has 1 nitrogen and oxygen atoms in total. The summed E-state index contributed by atoms with van der Waals surface area (Å²) in [6.07, 6.45) is 10.9. The number of hydrogen-bond acceptors (Lipinski definition) is 1. The molecule has 1 heteroatoms. The van der Waals surface area contributed by atoms with Crippen molar-refractivity contribution in [3.8, 4) is 0 Å². The van der Waals surface area contributed by atoms with Gasteiger partial charge in [0.2, 0.25) is 0 Å². The number of hydrogen-bond donors (Lipinski definition) is 1. The average molecular weight is 193 g/mol. The SMILES string of the molecule is C/C1=C/C(C)/C=C\C(C)C=CN1.CC. The second kappa shape index (κ2) is 7.43. The fourth-order valence-electron chi connectivity index (χ4n) is 1.24. The summed E-state index contributed by atoms with van der Waals surface area (Å²) in [5.74, 6) is 1.05. The van der Waals surface area contributed by atoms with Crippen LogP contribution in [0.5, 0.6) is 0 Å². The van der Waals surface area contributed by atoms with Crippen LogP contribution in [0.25, 0.3) is 0 Å². The molecule has 0 aliphatic carbocycles. The Morgan fingerprint density at radius 2 is 1.57 bits per heavy atom. The minimum absolute atomic E-state index is 0.527. The Morgan fingerprint density at radius 3 is 2.21 bits per heavy atom. The molecule has 0 aromatic carbocycles. The number of rotatable bonds is 0. The molecule has 0 saturated carbocycles. The lowest BCUT2D eigenvalue weighted by atomic mass is 10.1. The van der Waals surface area contributed by atoms with Crippen molar-refractivity contribution in [2.45, 2.75) is 34.6 Å². The van der Waals surface area contributed by atoms with E-state index in [0.717, 1.165) is 0 Å². The molecule has 0 amide bonds. The molecule has 1 N–H and O–H groups in total. The van der Waals surface area contributed by atoms with E-state index in [2.05, 4.69) is 50.4 Å². The maximum absolute atomic E-state index is 3.23. The molecule has 14 heavy (non-hydrogen) atoms. The molecular weight excluding hydrogens is 170 g/mol. The van der Waals surface area contributed by atoms with Crippen LogP contribution in [0, 0.1) is 11.8 Å². The van der Waals surface area contributed by atoms with Gasteiger partial charge in [0.1, 0.15) is 0 Å². The van der Waals surface area contributed by atoms with Gasteiger partial charge in [-0.15, -0.1) is 0 Å². The first kappa shape index (κ1) is 13.0. The van der Waals surface area contributed by atoms with Crippen LogP contribution in [0.1, 0.15) is 34.6 Å². The van der Waals surface area contributed by atoms with Gasteiger partial charge in [0.05, 0.1) is 0 Å². The molecule has 2 unspecified atom stereocenters. The second-order valence-electron chi connectivity index (χ2n) is 3.46. The van der Waals surface area contributed by atoms with Gasteiger partial charge in [-0.2, -0.15) is 0 Å². The third-order valence-electron chi connectivity index (χ3n) is 1.94. The zero-order chi connectivity index (χ0) is 11.0. The highest BCUT2D eigenvalue weighted by atomic mass is 14.8. The van der Waals surface area contributed by atoms with Crippen molar-refractivity contribution < 1.29 is 0 Å². The molecule has 1 aliphatic rings. The average Bonchev–Trinajstić information content (AvgIpc) is 2.23. The Balaban J connectivity index is 0.000000791. The van der Waals surface area contributed by atoms with Crippen molar-refractivity contribution in [3.05, 3.63) is 36.2 Å². The zero-order valence-corrected chi connectivity index (χ0v) is 10.0. The fourth-order valence-corrected chi connectivity index (χ4v) is 1.24. The van der Waals surface area contributed by atoms with E-state index in [4.69, 9.17) is 0 Å². The van der Waals surface area contributed by atoms with E-state index >= 15 is 0 Å². The minimum atomic E-state index is 0.527. The molecule has 0 bridgehead atoms. The van der Waals surface area contributed by atoms with Crippen LogP contribution in [-0.2, 0) is 0 Å². The predicted octanol–water partition coefficient (Wildman–Crippen LogP) is 3.86. The number of nitrogens with one attached hydrogen (secondary N) is 1. The molecule has 1 aliphatic heterocycles. The summed E-state index contributed by atoms with van der Waals surface area (Å²) in [5.41, 5.74) is 1.22. The highest BCUT2D eigenvalue weighted by molar-refractivity contribution is 5.11. The topological polar surface area (TPSA) is 12.0 Å². The normalized spacial score (nSPS) is 31.9. The van der Waals surface area contributed by atoms with E-state index in [9.17, 15) is 0 Å². The molecule has 0 aromatic heterocycles. The Bertz CT molecular complexity index is 223. The summed E-state index contributed by atoms with van der Waals surface area (Å²) in [6.45, 7) is 10.5. The van der Waals surface area contributed by atoms with Gasteiger partial charge in [0.25, 0.3) is 0 Å². The molecule has 0 radical (unpaired) electrons. The van der Waals surface area contributed by atoms with Crippen LogP contribution in [0.4, 0.5) is 0 Å². The molecule has 80 valence electrons. The van der Waals surface area contributed by atoms with Gasteiger partial charge in [-0.1, -0.05) is 52.0 Å². The minimum Gasteiger partial charge on any atom is -0.366 e. The third kappa shape index (κ3) is 5.63. The molecule has 0 saturated heterocycles. The van der Waals surface area contributed by atoms with Crippen LogP contribution < -0.4 is 5.32 Å². The van der Waals surface area contributed by atoms with Gasteiger partial charge in [0, 0.05) is 5.70 Å². The summed E-state index contributed by atoms with van der Waals surface area (Å²) < 4.78 is 0. The van der Waals surface area contributed by atoms with Crippen LogP contribution in [0.15, 0.2) is 36.2 Å². The van der Waals surface area contributed by atoms with Gasteiger partial charge in [-0.3, -0.25) is 0 Å². The van der Waals surface area contributed by atoms with E-state index in [-0.39, 0.29) is 0 Å². The maximum Gasteiger partial charge on any atom is 0.00800 e. The molecule has 0 aromatic rings. The molecule has 1 rings (SSSR count). The first-order valence-electron chi connectivity index (χ1n) is 5.48. The molecule has 1 heterocycles. The summed E-state index contributed by atoms with van der Waals surface area (Å²) in [5, 5.41) is 3.23. The van der Waals surface area contributed by atoms with Crippen molar-refractivity contribution in [2.75, 3.05) is 0 Å². The van der Waals surface area contributed by atoms with Crippen LogP contribution in [0.3, 0.4) is 0 Å².